The first-order valence-electron chi connectivity index (χ1n) is 18.4. The standard InChI is InChI=1S/C49H31N3OS/c1-51-45(31-27-25-30(26-28-31)33-21-12-14-29-13-2-3-15-32(29)33)44-37-19-7-10-23-40(37)53-48(44)50-49(51)52-39-22-9-6-18-36(39)43-46(52)35-17-5-4-16-34(35)42-38-20-8-11-24-41(38)54-47(42)43/h2-28,45H,1H3. The Balaban J connectivity index is 1.13. The van der Waals surface area contributed by atoms with Gasteiger partial charge < -0.3 is 9.32 Å². The molecule has 0 aliphatic carbocycles. The fourth-order valence-electron chi connectivity index (χ4n) is 9.13. The number of fused-ring (bicyclic) bond motifs is 14. The van der Waals surface area contributed by atoms with Crippen molar-refractivity contribution in [1.82, 2.24) is 9.47 Å². The zero-order valence-electron chi connectivity index (χ0n) is 29.3. The monoisotopic (exact) mass is 709 g/mol. The van der Waals surface area contributed by atoms with Crippen LogP contribution in [0, 0.1) is 0 Å². The van der Waals surface area contributed by atoms with Gasteiger partial charge in [-0.3, -0.25) is 4.57 Å². The minimum Gasteiger partial charge on any atom is -0.438 e. The van der Waals surface area contributed by atoms with Crippen molar-refractivity contribution in [3.8, 4) is 11.1 Å². The van der Waals surface area contributed by atoms with Gasteiger partial charge in [0.2, 0.25) is 11.8 Å². The fourth-order valence-corrected chi connectivity index (χ4v) is 10.4. The maximum Gasteiger partial charge on any atom is 0.228 e. The van der Waals surface area contributed by atoms with Crippen LogP contribution in [0.1, 0.15) is 17.2 Å². The molecule has 0 spiro atoms. The van der Waals surface area contributed by atoms with Crippen LogP contribution in [-0.4, -0.2) is 22.5 Å². The first kappa shape index (κ1) is 29.8. The zero-order chi connectivity index (χ0) is 35.5. The van der Waals surface area contributed by atoms with Crippen LogP contribution in [0.5, 0.6) is 0 Å². The molecular weight excluding hydrogens is 679 g/mol. The van der Waals surface area contributed by atoms with Crippen molar-refractivity contribution in [3.63, 3.8) is 0 Å². The molecule has 254 valence electrons. The Kier molecular flexibility index (Phi) is 6.17. The van der Waals surface area contributed by atoms with E-state index in [1.54, 1.807) is 0 Å². The lowest BCUT2D eigenvalue weighted by Gasteiger charge is -2.35. The summed E-state index contributed by atoms with van der Waals surface area (Å²) in [5.41, 5.74) is 7.84. The second-order valence-corrected chi connectivity index (χ2v) is 15.4. The van der Waals surface area contributed by atoms with Crippen LogP contribution in [0.3, 0.4) is 0 Å². The lowest BCUT2D eigenvalue weighted by molar-refractivity contribution is 0.404. The summed E-state index contributed by atoms with van der Waals surface area (Å²) in [6.45, 7) is 0. The largest absolute Gasteiger partial charge is 0.438 e. The van der Waals surface area contributed by atoms with Gasteiger partial charge in [-0.25, -0.2) is 0 Å². The number of aliphatic imine (C=N–C) groups is 1. The Bertz CT molecular complexity index is 3360. The van der Waals surface area contributed by atoms with Gasteiger partial charge in [-0.1, -0.05) is 146 Å². The average Bonchev–Trinajstić information content (AvgIpc) is 3.91. The molecule has 11 aromatic rings. The predicted octanol–water partition coefficient (Wildman–Crippen LogP) is 13.5. The van der Waals surface area contributed by atoms with Gasteiger partial charge in [0.1, 0.15) is 5.58 Å². The lowest BCUT2D eigenvalue weighted by Crippen LogP contribution is -2.38. The minimum atomic E-state index is -0.145. The van der Waals surface area contributed by atoms with Gasteiger partial charge in [0.15, 0.2) is 0 Å². The van der Waals surface area contributed by atoms with Crippen molar-refractivity contribution in [3.05, 3.63) is 175 Å². The smallest absolute Gasteiger partial charge is 0.228 e. The van der Waals surface area contributed by atoms with E-state index in [-0.39, 0.29) is 6.04 Å². The van der Waals surface area contributed by atoms with E-state index in [4.69, 9.17) is 9.41 Å². The Morgan fingerprint density at radius 3 is 2.09 bits per heavy atom. The predicted molar refractivity (Wildman–Crippen MR) is 228 cm³/mol. The number of furan rings is 1. The van der Waals surface area contributed by atoms with E-state index in [0.717, 1.165) is 28.0 Å². The van der Waals surface area contributed by atoms with Gasteiger partial charge >= 0.3 is 0 Å². The molecule has 1 atom stereocenters. The van der Waals surface area contributed by atoms with Crippen molar-refractivity contribution in [1.29, 1.82) is 0 Å². The summed E-state index contributed by atoms with van der Waals surface area (Å²) in [4.78, 5) is 7.81. The number of benzene rings is 8. The summed E-state index contributed by atoms with van der Waals surface area (Å²) < 4.78 is 11.7. The van der Waals surface area contributed by atoms with E-state index in [0.29, 0.717) is 5.88 Å². The third kappa shape index (κ3) is 4.04. The lowest BCUT2D eigenvalue weighted by atomic mass is 9.92. The normalized spacial score (nSPS) is 14.6. The molecule has 1 aliphatic rings. The molecule has 12 rings (SSSR count). The minimum absolute atomic E-state index is 0.145. The molecule has 0 saturated carbocycles. The molecule has 0 bridgehead atoms. The molecule has 1 aliphatic heterocycles. The maximum atomic E-state index is 6.66. The molecule has 0 N–H and O–H groups in total. The first-order chi connectivity index (χ1) is 26.7. The molecule has 0 amide bonds. The molecule has 0 fully saturated rings. The second-order valence-electron chi connectivity index (χ2n) is 14.3. The summed E-state index contributed by atoms with van der Waals surface area (Å²) in [6.07, 6.45) is 0. The van der Waals surface area contributed by atoms with Crippen LogP contribution in [0.25, 0.3) is 85.6 Å². The number of hydrogen-bond acceptors (Lipinski definition) is 4. The van der Waals surface area contributed by atoms with Crippen LogP contribution in [0.2, 0.25) is 0 Å². The fraction of sp³-hybridized carbons (Fsp3) is 0.0408. The first-order valence-corrected chi connectivity index (χ1v) is 19.2. The third-order valence-corrected chi connectivity index (χ3v) is 12.7. The van der Waals surface area contributed by atoms with Crippen LogP contribution in [0.15, 0.2) is 173 Å². The van der Waals surface area contributed by atoms with Crippen LogP contribution in [-0.2, 0) is 0 Å². The summed E-state index contributed by atoms with van der Waals surface area (Å²) in [5.74, 6) is 1.49. The van der Waals surface area contributed by atoms with Gasteiger partial charge in [-0.05, 0) is 51.0 Å². The van der Waals surface area contributed by atoms with Crippen molar-refractivity contribution in [2.45, 2.75) is 6.04 Å². The number of aromatic nitrogens is 1. The molecule has 54 heavy (non-hydrogen) atoms. The Labute approximate surface area is 314 Å². The average molecular weight is 710 g/mol. The molecular formula is C49H31N3OS. The zero-order valence-corrected chi connectivity index (χ0v) is 30.1. The van der Waals surface area contributed by atoms with E-state index in [1.807, 2.05) is 17.4 Å². The molecule has 5 heteroatoms. The highest BCUT2D eigenvalue weighted by Crippen LogP contribution is 2.50. The number of para-hydroxylation sites is 2. The highest BCUT2D eigenvalue weighted by molar-refractivity contribution is 7.27. The molecule has 4 nitrogen and oxygen atoms in total. The van der Waals surface area contributed by atoms with Crippen molar-refractivity contribution in [2.75, 3.05) is 7.05 Å². The molecule has 3 aromatic heterocycles. The topological polar surface area (TPSA) is 33.7 Å². The van der Waals surface area contributed by atoms with Gasteiger partial charge in [0.05, 0.1) is 22.6 Å². The van der Waals surface area contributed by atoms with E-state index >= 15 is 0 Å². The van der Waals surface area contributed by atoms with Crippen LogP contribution in [0.4, 0.5) is 5.88 Å². The van der Waals surface area contributed by atoms with Gasteiger partial charge in [-0.2, -0.15) is 4.99 Å². The second kappa shape index (κ2) is 11.2. The summed E-state index contributed by atoms with van der Waals surface area (Å²) in [5, 5.41) is 11.2. The van der Waals surface area contributed by atoms with Crippen molar-refractivity contribution >= 4 is 97.7 Å². The van der Waals surface area contributed by atoms with Crippen LogP contribution < -0.4 is 0 Å². The van der Waals surface area contributed by atoms with Gasteiger partial charge in [0, 0.05) is 48.8 Å². The Morgan fingerprint density at radius 1 is 0.574 bits per heavy atom. The Morgan fingerprint density at radius 2 is 1.24 bits per heavy atom. The molecule has 0 saturated heterocycles. The van der Waals surface area contributed by atoms with Gasteiger partial charge in [0.25, 0.3) is 0 Å². The van der Waals surface area contributed by atoms with E-state index in [1.165, 1.54) is 74.7 Å². The maximum absolute atomic E-state index is 6.66. The van der Waals surface area contributed by atoms with Crippen LogP contribution >= 0.6 is 11.3 Å². The Hall–Kier alpha value is -6.69. The van der Waals surface area contributed by atoms with Crippen molar-refractivity contribution < 1.29 is 4.42 Å². The molecule has 0 radical (unpaired) electrons. The van der Waals surface area contributed by atoms with Gasteiger partial charge in [-0.15, -0.1) is 11.3 Å². The highest BCUT2D eigenvalue weighted by Gasteiger charge is 2.36. The molecule has 8 aromatic carbocycles. The third-order valence-electron chi connectivity index (χ3n) is 11.5. The summed E-state index contributed by atoms with van der Waals surface area (Å²) in [7, 11) is 2.19. The summed E-state index contributed by atoms with van der Waals surface area (Å²) in [6, 6.07) is 59.0. The van der Waals surface area contributed by atoms with E-state index in [9.17, 15) is 0 Å². The van der Waals surface area contributed by atoms with E-state index in [2.05, 4.69) is 174 Å². The molecule has 4 heterocycles. The number of rotatable bonds is 2. The molecule has 1 unspecified atom stereocenters. The number of nitrogens with zero attached hydrogens (tertiary/aromatic N) is 3. The quantitative estimate of drug-likeness (QED) is 0.179. The number of thiophene rings is 1. The highest BCUT2D eigenvalue weighted by atomic mass is 32.1. The summed E-state index contributed by atoms with van der Waals surface area (Å²) >= 11 is 1.89. The SMILES string of the molecule is CN1C(n2c3ccccc3c3c4sc5ccccc5c4c4ccccc4c32)=Nc2oc3ccccc3c2C1c1ccc(-c2cccc3ccccc23)cc1. The van der Waals surface area contributed by atoms with E-state index < -0.39 is 0 Å². The number of hydrogen-bond donors (Lipinski definition) is 0. The van der Waals surface area contributed by atoms with Crippen molar-refractivity contribution in [2.24, 2.45) is 4.99 Å².